The number of pyridine rings is 1. The van der Waals surface area contributed by atoms with Gasteiger partial charge in [-0.3, -0.25) is 61.1 Å². The lowest BCUT2D eigenvalue weighted by Crippen LogP contribution is -2.39. The van der Waals surface area contributed by atoms with Crippen LogP contribution in [0.25, 0.3) is 22.3 Å². The van der Waals surface area contributed by atoms with Crippen LogP contribution in [0.2, 0.25) is 0 Å². The molecule has 8 heterocycles. The van der Waals surface area contributed by atoms with Crippen LogP contribution in [0.3, 0.4) is 0 Å². The molecule has 0 spiro atoms. The van der Waals surface area contributed by atoms with Crippen molar-refractivity contribution in [2.24, 2.45) is 0 Å². The molecule has 9 N–H and O–H groups in total. The summed E-state index contributed by atoms with van der Waals surface area (Å²) in [6, 6.07) is 1.48. The molecule has 8 rings (SSSR count). The number of phosphoric acid groups is 2. The molecule has 398 valence electrons. The summed E-state index contributed by atoms with van der Waals surface area (Å²) >= 11 is 0. The lowest BCUT2D eigenvalue weighted by molar-refractivity contribution is -0.137. The standard InChI is InChI=1S/C39H51N11O21P2/c40-39-46-35-29(36(57)47-39)44-20-50(35)38-31(56)33-23(69-38)18-67-72(58,59)70-32-22(17-66-73(60,61)71-33)68-37(30(32)55)49-19-43-28-21(3-6-42-34(28)49)45-25(52)5-9-62-11-13-64-15-16-65-14-12-63-10-7-41-24(51)4-8-48-26(53)1-2-27(48)54/h1-3,6,19-20,22-23,30-33,37-38,55-56H,4-5,7-18H2,(H,41,51)(H,58,59)(H,60,61)(H,42,45,52)(H3,40,46,47,57)/t22-,23-,30?,31?,32+,33+,37-,38-/m1/s1. The van der Waals surface area contributed by atoms with E-state index >= 15 is 0 Å². The highest BCUT2D eigenvalue weighted by molar-refractivity contribution is 7.47. The number of nitrogens with zero attached hydrogens (tertiary/aromatic N) is 7. The zero-order valence-electron chi connectivity index (χ0n) is 38.3. The van der Waals surface area contributed by atoms with Crippen molar-refractivity contribution in [3.05, 3.63) is 47.4 Å². The van der Waals surface area contributed by atoms with Crippen molar-refractivity contribution in [3.8, 4) is 0 Å². The number of imide groups is 1. The van der Waals surface area contributed by atoms with Crippen LogP contribution in [0.5, 0.6) is 0 Å². The van der Waals surface area contributed by atoms with E-state index in [0.29, 0.717) is 13.2 Å². The first-order valence-corrected chi connectivity index (χ1v) is 25.4. The topological polar surface area (TPSA) is 423 Å². The van der Waals surface area contributed by atoms with Crippen LogP contribution in [-0.2, 0) is 74.8 Å². The molecule has 73 heavy (non-hydrogen) atoms. The first-order chi connectivity index (χ1) is 35.0. The lowest BCUT2D eigenvalue weighted by atomic mass is 10.1. The summed E-state index contributed by atoms with van der Waals surface area (Å²) in [6.07, 6.45) is -7.30. The number of nitrogens with two attached hydrogens (primary N) is 1. The molecule has 4 aliphatic heterocycles. The molecule has 0 radical (unpaired) electrons. The van der Waals surface area contributed by atoms with E-state index in [9.17, 15) is 53.1 Å². The average Bonchev–Trinajstić information content (AvgIpc) is 4.16. The molecule has 0 saturated carbocycles. The second kappa shape index (κ2) is 23.8. The van der Waals surface area contributed by atoms with Gasteiger partial charge < -0.3 is 64.8 Å². The van der Waals surface area contributed by atoms with Gasteiger partial charge in [0.25, 0.3) is 17.4 Å². The van der Waals surface area contributed by atoms with Gasteiger partial charge in [-0.25, -0.2) is 24.1 Å². The second-order valence-electron chi connectivity index (χ2n) is 16.2. The van der Waals surface area contributed by atoms with Crippen LogP contribution in [0.1, 0.15) is 25.3 Å². The van der Waals surface area contributed by atoms with Crippen LogP contribution in [0.15, 0.2) is 41.9 Å². The van der Waals surface area contributed by atoms with E-state index in [1.165, 1.54) is 23.2 Å². The van der Waals surface area contributed by atoms with E-state index in [-0.39, 0.29) is 105 Å². The number of aromatic nitrogens is 7. The third-order valence-electron chi connectivity index (χ3n) is 11.3. The predicted molar refractivity (Wildman–Crippen MR) is 241 cm³/mol. The third-order valence-corrected chi connectivity index (χ3v) is 13.3. The number of imidazole rings is 2. The Morgan fingerprint density at radius 2 is 1.27 bits per heavy atom. The lowest BCUT2D eigenvalue weighted by Gasteiger charge is -2.27. The summed E-state index contributed by atoms with van der Waals surface area (Å²) in [4.78, 5) is 102. The summed E-state index contributed by atoms with van der Waals surface area (Å²) in [5.41, 5.74) is 5.12. The minimum Gasteiger partial charge on any atom is -0.386 e. The average molecular weight is 1070 g/mol. The fourth-order valence-electron chi connectivity index (χ4n) is 7.84. The quantitative estimate of drug-likeness (QED) is 0.0243. The minimum atomic E-state index is -5.16. The molecule has 32 nitrogen and oxygen atoms in total. The molecule has 4 unspecified atom stereocenters. The maximum Gasteiger partial charge on any atom is 0.472 e. The number of hydrogen-bond donors (Lipinski definition) is 8. The van der Waals surface area contributed by atoms with E-state index in [1.54, 1.807) is 0 Å². The molecule has 3 fully saturated rings. The number of carbonyl (C=O) groups excluding carboxylic acids is 4. The Bertz CT molecular complexity index is 2810. The van der Waals surface area contributed by atoms with Crippen LogP contribution < -0.4 is 21.9 Å². The molecule has 4 aromatic rings. The monoisotopic (exact) mass is 1070 g/mol. The Labute approximate surface area is 411 Å². The van der Waals surface area contributed by atoms with E-state index < -0.39 is 101 Å². The number of nitrogen functional groups attached to an aromatic ring is 1. The van der Waals surface area contributed by atoms with Crippen molar-refractivity contribution < 1.29 is 94.8 Å². The molecule has 4 amide bonds. The highest BCUT2D eigenvalue weighted by Crippen LogP contribution is 2.53. The summed E-state index contributed by atoms with van der Waals surface area (Å²) in [5, 5.41) is 28.1. The largest absolute Gasteiger partial charge is 0.472 e. The third kappa shape index (κ3) is 13.2. The summed E-state index contributed by atoms with van der Waals surface area (Å²) < 4.78 is 83.8. The number of hydrogen-bond acceptors (Lipinski definition) is 24. The van der Waals surface area contributed by atoms with E-state index in [2.05, 4.69) is 35.6 Å². The van der Waals surface area contributed by atoms with Crippen molar-refractivity contribution in [1.29, 1.82) is 0 Å². The van der Waals surface area contributed by atoms with Crippen molar-refractivity contribution in [3.63, 3.8) is 0 Å². The number of ether oxygens (including phenoxy) is 6. The number of anilines is 2. The first-order valence-electron chi connectivity index (χ1n) is 22.4. The minimum absolute atomic E-state index is 0.00402. The number of aliphatic hydroxyl groups excluding tert-OH is 2. The van der Waals surface area contributed by atoms with Gasteiger partial charge in [0.15, 0.2) is 29.3 Å². The van der Waals surface area contributed by atoms with Crippen LogP contribution >= 0.6 is 15.6 Å². The zero-order chi connectivity index (χ0) is 51.9. The fraction of sp³-hybridized carbons (Fsp3) is 0.564. The number of phosphoric ester groups is 2. The number of H-pyrrole nitrogens is 1. The maximum absolute atomic E-state index is 13.4. The highest BCUT2D eigenvalue weighted by atomic mass is 31.2. The number of aliphatic hydroxyl groups is 2. The molecular formula is C39H51N11O21P2. The smallest absolute Gasteiger partial charge is 0.386 e. The predicted octanol–water partition coefficient (Wildman–Crippen LogP) is -2.49. The van der Waals surface area contributed by atoms with E-state index in [0.717, 1.165) is 27.9 Å². The van der Waals surface area contributed by atoms with Gasteiger partial charge in [0.1, 0.15) is 42.1 Å². The molecule has 0 aliphatic carbocycles. The molecule has 4 aromatic heterocycles. The van der Waals surface area contributed by atoms with Crippen LogP contribution in [-0.4, -0.2) is 198 Å². The number of carbonyl (C=O) groups is 4. The normalized spacial score (nSPS) is 28.6. The maximum atomic E-state index is 13.4. The molecular weight excluding hydrogens is 1020 g/mol. The van der Waals surface area contributed by atoms with Gasteiger partial charge in [-0.15, -0.1) is 0 Å². The SMILES string of the molecule is Nc1nc2c(ncn2[C@@H]2O[C@@H]3COP(=O)(O)O[C@@H]4C(O)[C@H](n5cnc6c(NC(=O)CCOCCOCCOCCOCCNC(=O)CCN7C(=O)C=CC7=O)ccnc65)O[C@@H]4COP(=O)(O)O[C@@H]3C2O)c(=O)[nH]1. The number of fused-ring (bicyclic) bond motifs is 4. The fourth-order valence-corrected chi connectivity index (χ4v) is 9.77. The molecule has 34 heteroatoms. The number of rotatable bonds is 21. The summed E-state index contributed by atoms with van der Waals surface area (Å²) in [6.45, 7) is 0.356. The van der Waals surface area contributed by atoms with Gasteiger partial charge in [-0.05, 0) is 6.07 Å². The Hall–Kier alpha value is -5.51. The Morgan fingerprint density at radius 1 is 0.740 bits per heavy atom. The van der Waals surface area contributed by atoms with Gasteiger partial charge in [0.2, 0.25) is 17.8 Å². The Balaban J connectivity index is 0.752. The van der Waals surface area contributed by atoms with Crippen molar-refractivity contribution in [1.82, 2.24) is 44.3 Å². The number of aromatic amines is 1. The van der Waals surface area contributed by atoms with Crippen molar-refractivity contribution >= 4 is 73.2 Å². The van der Waals surface area contributed by atoms with Crippen LogP contribution in [0, 0.1) is 0 Å². The zero-order valence-corrected chi connectivity index (χ0v) is 40.1. The number of nitrogens with one attached hydrogen (secondary N) is 3. The van der Waals surface area contributed by atoms with Gasteiger partial charge in [0.05, 0.1) is 90.8 Å². The van der Waals surface area contributed by atoms with Gasteiger partial charge in [-0.2, -0.15) is 4.98 Å². The van der Waals surface area contributed by atoms with Crippen LogP contribution in [0.4, 0.5) is 11.6 Å². The second-order valence-corrected chi connectivity index (χ2v) is 19.1. The molecule has 0 aromatic carbocycles. The van der Waals surface area contributed by atoms with Gasteiger partial charge in [-0.1, -0.05) is 0 Å². The Morgan fingerprint density at radius 3 is 1.86 bits per heavy atom. The molecule has 3 saturated heterocycles. The van der Waals surface area contributed by atoms with E-state index in [1.807, 2.05) is 0 Å². The van der Waals surface area contributed by atoms with E-state index in [4.69, 9.17) is 52.2 Å². The van der Waals surface area contributed by atoms with Gasteiger partial charge in [0, 0.05) is 37.9 Å². The van der Waals surface area contributed by atoms with Gasteiger partial charge >= 0.3 is 15.6 Å². The first kappa shape index (κ1) is 53.8. The Kier molecular flexibility index (Phi) is 17.5. The van der Waals surface area contributed by atoms with Crippen molar-refractivity contribution in [2.45, 2.75) is 61.9 Å². The molecule has 10 atom stereocenters. The molecule has 0 bridgehead atoms. The summed E-state index contributed by atoms with van der Waals surface area (Å²) in [5.74, 6) is -1.93. The molecule has 4 aliphatic rings. The summed E-state index contributed by atoms with van der Waals surface area (Å²) in [7, 11) is -10.3. The van der Waals surface area contributed by atoms with Crippen molar-refractivity contribution in [2.75, 3.05) is 90.2 Å². The highest BCUT2D eigenvalue weighted by Gasteiger charge is 2.54. The number of amides is 4.